The van der Waals surface area contributed by atoms with E-state index in [-0.39, 0.29) is 0 Å². The molecule has 0 atom stereocenters. The maximum atomic E-state index is 9.99. The van der Waals surface area contributed by atoms with Crippen molar-refractivity contribution in [2.75, 3.05) is 31.7 Å². The second-order valence-electron chi connectivity index (χ2n) is 6.26. The largest absolute Gasteiger partial charge is 0.380 e. The minimum absolute atomic E-state index is 0.495. The maximum absolute atomic E-state index is 9.99. The van der Waals surface area contributed by atoms with E-state index < -0.39 is 0 Å². The molecule has 0 amide bonds. The number of aryl methyl sites for hydroxylation is 1. The third-order valence-electron chi connectivity index (χ3n) is 4.24. The van der Waals surface area contributed by atoms with Crippen LogP contribution in [-0.4, -0.2) is 36.8 Å². The number of anilines is 1. The van der Waals surface area contributed by atoms with Crippen molar-refractivity contribution in [3.05, 3.63) is 45.7 Å². The van der Waals surface area contributed by atoms with E-state index in [1.54, 1.807) is 18.3 Å². The predicted octanol–water partition coefficient (Wildman–Crippen LogP) is 5.76. The van der Waals surface area contributed by atoms with E-state index in [0.29, 0.717) is 41.2 Å². The van der Waals surface area contributed by atoms with Crippen LogP contribution in [0.1, 0.15) is 18.2 Å². The lowest BCUT2D eigenvalue weighted by Crippen LogP contribution is -2.22. The number of benzene rings is 1. The fourth-order valence-corrected chi connectivity index (χ4v) is 4.59. The van der Waals surface area contributed by atoms with Crippen molar-refractivity contribution in [2.24, 2.45) is 0 Å². The van der Waals surface area contributed by atoms with Crippen LogP contribution >= 0.6 is 34.5 Å². The molecule has 0 aliphatic rings. The molecular formula is C20H20Cl2N4OS. The van der Waals surface area contributed by atoms with Gasteiger partial charge in [-0.3, -0.25) is 0 Å². The van der Waals surface area contributed by atoms with E-state index in [4.69, 9.17) is 27.9 Å². The Morgan fingerprint density at radius 1 is 1.36 bits per heavy atom. The lowest BCUT2D eigenvalue weighted by molar-refractivity contribution is 0.154. The fourth-order valence-electron chi connectivity index (χ4n) is 2.88. The van der Waals surface area contributed by atoms with Crippen molar-refractivity contribution in [3.63, 3.8) is 0 Å². The zero-order chi connectivity index (χ0) is 20.3. The first-order valence-corrected chi connectivity index (χ1v) is 10.4. The lowest BCUT2D eigenvalue weighted by Gasteiger charge is -2.17. The summed E-state index contributed by atoms with van der Waals surface area (Å²) in [6.45, 7) is 5.82. The van der Waals surface area contributed by atoms with Gasteiger partial charge in [-0.2, -0.15) is 5.26 Å². The molecule has 3 aromatic rings. The quantitative estimate of drug-likeness (QED) is 0.479. The maximum Gasteiger partial charge on any atom is 0.148 e. The number of imidazole rings is 1. The highest BCUT2D eigenvalue weighted by Crippen LogP contribution is 2.48. The van der Waals surface area contributed by atoms with Gasteiger partial charge in [0.25, 0.3) is 0 Å². The topological polar surface area (TPSA) is 64.9 Å². The van der Waals surface area contributed by atoms with Crippen molar-refractivity contribution in [1.82, 2.24) is 9.97 Å². The summed E-state index contributed by atoms with van der Waals surface area (Å²) in [4.78, 5) is 10.6. The van der Waals surface area contributed by atoms with Gasteiger partial charge in [0.1, 0.15) is 16.9 Å². The van der Waals surface area contributed by atoms with Crippen LogP contribution in [0.5, 0.6) is 0 Å². The van der Waals surface area contributed by atoms with Gasteiger partial charge in [0.2, 0.25) is 0 Å². The molecule has 0 radical (unpaired) electrons. The number of H-pyrrole nitrogens is 1. The summed E-state index contributed by atoms with van der Waals surface area (Å²) in [5.41, 5.74) is 3.03. The van der Waals surface area contributed by atoms with Gasteiger partial charge in [0.15, 0.2) is 0 Å². The van der Waals surface area contributed by atoms with Gasteiger partial charge >= 0.3 is 0 Å². The Balaban J connectivity index is 2.19. The van der Waals surface area contributed by atoms with Gasteiger partial charge in [0.05, 0.1) is 17.0 Å². The molecule has 0 unspecified atom stereocenters. The summed E-state index contributed by atoms with van der Waals surface area (Å²) >= 11 is 14.1. The Morgan fingerprint density at radius 3 is 2.75 bits per heavy atom. The minimum Gasteiger partial charge on any atom is -0.380 e. The van der Waals surface area contributed by atoms with E-state index in [2.05, 4.69) is 16.0 Å². The molecule has 3 rings (SSSR count). The molecule has 8 heteroatoms. The van der Waals surface area contributed by atoms with Crippen molar-refractivity contribution in [2.45, 2.75) is 13.8 Å². The molecule has 0 spiro atoms. The average Bonchev–Trinajstić information content (AvgIpc) is 3.25. The minimum atomic E-state index is 0.495. The average molecular weight is 435 g/mol. The first-order chi connectivity index (χ1) is 13.5. The Hall–Kier alpha value is -2.04. The number of thiophene rings is 1. The molecule has 28 heavy (non-hydrogen) atoms. The number of aromatic amines is 1. The molecule has 2 heterocycles. The summed E-state index contributed by atoms with van der Waals surface area (Å²) in [6.07, 6.45) is 1.77. The van der Waals surface area contributed by atoms with Crippen LogP contribution in [0.15, 0.2) is 24.4 Å². The fraction of sp³-hybridized carbons (Fsp3) is 0.300. The number of nitrogens with one attached hydrogen (secondary N) is 1. The number of nitrogens with zero attached hydrogens (tertiary/aromatic N) is 3. The number of nitriles is 1. The van der Waals surface area contributed by atoms with E-state index in [1.807, 2.05) is 31.9 Å². The number of aromatic nitrogens is 2. The monoisotopic (exact) mass is 434 g/mol. The van der Waals surface area contributed by atoms with Crippen molar-refractivity contribution in [1.29, 1.82) is 5.26 Å². The van der Waals surface area contributed by atoms with Crippen LogP contribution in [0.4, 0.5) is 5.00 Å². The normalized spacial score (nSPS) is 10.9. The predicted molar refractivity (Wildman–Crippen MR) is 117 cm³/mol. The number of halogens is 2. The van der Waals surface area contributed by atoms with Gasteiger partial charge in [-0.25, -0.2) is 4.98 Å². The van der Waals surface area contributed by atoms with Crippen molar-refractivity contribution >= 4 is 39.5 Å². The van der Waals surface area contributed by atoms with Gasteiger partial charge in [-0.05, 0) is 26.0 Å². The third kappa shape index (κ3) is 4.18. The van der Waals surface area contributed by atoms with E-state index in [1.165, 1.54) is 11.3 Å². The SMILES string of the molecule is CCOCCN(C)c1sc(-c2ncc(C)[nH]2)c(-c2ccc(Cl)cc2Cl)c1C#N. The molecule has 0 fully saturated rings. The molecule has 0 bridgehead atoms. The lowest BCUT2D eigenvalue weighted by atomic mass is 10.0. The van der Waals surface area contributed by atoms with E-state index >= 15 is 0 Å². The molecule has 146 valence electrons. The summed E-state index contributed by atoms with van der Waals surface area (Å²) in [6, 6.07) is 7.67. The van der Waals surface area contributed by atoms with Crippen LogP contribution in [0.25, 0.3) is 21.8 Å². The van der Waals surface area contributed by atoms with Crippen molar-refractivity contribution in [3.8, 4) is 27.9 Å². The first-order valence-electron chi connectivity index (χ1n) is 8.79. The van der Waals surface area contributed by atoms with Gasteiger partial charge in [0, 0.05) is 53.3 Å². The number of hydrogen-bond donors (Lipinski definition) is 1. The smallest absolute Gasteiger partial charge is 0.148 e. The van der Waals surface area contributed by atoms with E-state index in [0.717, 1.165) is 26.7 Å². The molecular weight excluding hydrogens is 415 g/mol. The Morgan fingerprint density at radius 2 is 2.14 bits per heavy atom. The zero-order valence-corrected chi connectivity index (χ0v) is 18.2. The highest BCUT2D eigenvalue weighted by Gasteiger charge is 2.25. The molecule has 0 saturated carbocycles. The molecule has 0 aliphatic carbocycles. The highest BCUT2D eigenvalue weighted by atomic mass is 35.5. The van der Waals surface area contributed by atoms with Crippen LogP contribution in [0.3, 0.4) is 0 Å². The molecule has 0 aliphatic heterocycles. The second kappa shape index (κ2) is 8.97. The molecule has 1 aromatic carbocycles. The standard InChI is InChI=1S/C20H20Cl2N4OS/c1-4-27-8-7-26(3)20-15(10-23)17(14-6-5-13(21)9-16(14)22)18(28-20)19-24-11-12(2)25-19/h5-6,9,11H,4,7-8H2,1-3H3,(H,24,25). The second-order valence-corrected chi connectivity index (χ2v) is 8.10. The van der Waals surface area contributed by atoms with Crippen LogP contribution in [-0.2, 0) is 4.74 Å². The summed E-state index contributed by atoms with van der Waals surface area (Å²) in [7, 11) is 1.95. The molecule has 5 nitrogen and oxygen atoms in total. The number of hydrogen-bond acceptors (Lipinski definition) is 5. The zero-order valence-electron chi connectivity index (χ0n) is 15.8. The Labute approximate surface area is 178 Å². The Kier molecular flexibility index (Phi) is 6.63. The number of likely N-dealkylation sites (N-methyl/N-ethyl adjacent to an activating group) is 1. The van der Waals surface area contributed by atoms with Crippen LogP contribution < -0.4 is 4.90 Å². The summed E-state index contributed by atoms with van der Waals surface area (Å²) < 4.78 is 5.47. The highest BCUT2D eigenvalue weighted by molar-refractivity contribution is 7.20. The van der Waals surface area contributed by atoms with Gasteiger partial charge in [-0.1, -0.05) is 29.3 Å². The van der Waals surface area contributed by atoms with Gasteiger partial charge in [-0.15, -0.1) is 11.3 Å². The van der Waals surface area contributed by atoms with Crippen molar-refractivity contribution < 1.29 is 4.74 Å². The van der Waals surface area contributed by atoms with Crippen LogP contribution in [0, 0.1) is 18.3 Å². The number of rotatable bonds is 7. The molecule has 2 aromatic heterocycles. The summed E-state index contributed by atoms with van der Waals surface area (Å²) in [5.74, 6) is 0.712. The number of ether oxygens (including phenoxy) is 1. The summed E-state index contributed by atoms with van der Waals surface area (Å²) in [5, 5.41) is 11.9. The van der Waals surface area contributed by atoms with Gasteiger partial charge < -0.3 is 14.6 Å². The molecule has 1 N–H and O–H groups in total. The third-order valence-corrected chi connectivity index (χ3v) is 6.10. The van der Waals surface area contributed by atoms with Crippen LogP contribution in [0.2, 0.25) is 10.0 Å². The molecule has 0 saturated heterocycles. The van der Waals surface area contributed by atoms with E-state index in [9.17, 15) is 5.26 Å². The first kappa shape index (κ1) is 20.7. The Bertz CT molecular complexity index is 1020.